The van der Waals surface area contributed by atoms with Gasteiger partial charge in [-0.25, -0.2) is 4.98 Å². The molecule has 1 aromatic heterocycles. The average molecular weight is 306 g/mol. The molecule has 0 aliphatic heterocycles. The topological polar surface area (TPSA) is 111 Å². The number of nitrogens with one attached hydrogen (secondary N) is 1. The first-order valence-corrected chi connectivity index (χ1v) is 7.10. The molecule has 0 bridgehead atoms. The third-order valence-electron chi connectivity index (χ3n) is 2.81. The molecule has 0 aliphatic carbocycles. The van der Waals surface area contributed by atoms with Crippen LogP contribution >= 0.6 is 11.3 Å². The lowest BCUT2D eigenvalue weighted by Gasteiger charge is -2.04. The van der Waals surface area contributed by atoms with Gasteiger partial charge in [0.1, 0.15) is 5.69 Å². The van der Waals surface area contributed by atoms with Crippen LogP contribution in [0.25, 0.3) is 0 Å². The number of carbonyl (C=O) groups excluding carboxylic acids is 1. The molecule has 7 nitrogen and oxygen atoms in total. The number of nitro benzene ring substituents is 1. The Morgan fingerprint density at radius 2 is 2.29 bits per heavy atom. The summed E-state index contributed by atoms with van der Waals surface area (Å²) in [5.41, 5.74) is 6.59. The van der Waals surface area contributed by atoms with Crippen molar-refractivity contribution in [1.29, 1.82) is 0 Å². The second-order valence-electron chi connectivity index (χ2n) is 4.38. The monoisotopic (exact) mass is 306 g/mol. The molecule has 0 spiro atoms. The van der Waals surface area contributed by atoms with Crippen molar-refractivity contribution < 1.29 is 9.72 Å². The Balaban J connectivity index is 2.15. The minimum Gasteiger partial charge on any atom is -0.330 e. The number of rotatable bonds is 5. The van der Waals surface area contributed by atoms with Gasteiger partial charge in [0.25, 0.3) is 11.6 Å². The third-order valence-corrected chi connectivity index (χ3v) is 3.71. The molecule has 2 aromatic rings. The van der Waals surface area contributed by atoms with Gasteiger partial charge in [-0.3, -0.25) is 14.9 Å². The van der Waals surface area contributed by atoms with Crippen LogP contribution in [0.2, 0.25) is 0 Å². The highest BCUT2D eigenvalue weighted by molar-refractivity contribution is 7.09. The van der Waals surface area contributed by atoms with Gasteiger partial charge in [0.05, 0.1) is 9.93 Å². The van der Waals surface area contributed by atoms with Crippen LogP contribution in [-0.2, 0) is 6.42 Å². The lowest BCUT2D eigenvalue weighted by Crippen LogP contribution is -2.13. The van der Waals surface area contributed by atoms with E-state index in [0.717, 1.165) is 5.01 Å². The molecule has 0 radical (unpaired) electrons. The van der Waals surface area contributed by atoms with Crippen molar-refractivity contribution in [3.8, 4) is 0 Å². The fraction of sp³-hybridized carbons (Fsp3) is 0.231. The van der Waals surface area contributed by atoms with E-state index >= 15 is 0 Å². The highest BCUT2D eigenvalue weighted by Gasteiger charge is 2.14. The molecule has 0 saturated carbocycles. The first-order valence-electron chi connectivity index (χ1n) is 6.22. The van der Waals surface area contributed by atoms with Gasteiger partial charge in [0.15, 0.2) is 0 Å². The van der Waals surface area contributed by atoms with E-state index in [2.05, 4.69) is 10.3 Å². The second kappa shape index (κ2) is 6.42. The van der Waals surface area contributed by atoms with Crippen molar-refractivity contribution in [3.63, 3.8) is 0 Å². The van der Waals surface area contributed by atoms with Crippen LogP contribution in [-0.4, -0.2) is 22.4 Å². The van der Waals surface area contributed by atoms with E-state index in [1.165, 1.54) is 17.4 Å². The van der Waals surface area contributed by atoms with Gasteiger partial charge in [-0.1, -0.05) is 6.07 Å². The fourth-order valence-electron chi connectivity index (χ4n) is 1.73. The zero-order valence-corrected chi connectivity index (χ0v) is 12.1. The summed E-state index contributed by atoms with van der Waals surface area (Å²) in [7, 11) is 0. The summed E-state index contributed by atoms with van der Waals surface area (Å²) < 4.78 is 0. The summed E-state index contributed by atoms with van der Waals surface area (Å²) >= 11 is 1.36. The van der Waals surface area contributed by atoms with Crippen LogP contribution in [0.1, 0.15) is 21.1 Å². The predicted molar refractivity (Wildman–Crippen MR) is 80.7 cm³/mol. The van der Waals surface area contributed by atoms with Crippen molar-refractivity contribution in [1.82, 2.24) is 4.98 Å². The van der Waals surface area contributed by atoms with E-state index in [9.17, 15) is 14.9 Å². The molecular weight excluding hydrogens is 292 g/mol. The van der Waals surface area contributed by atoms with Crippen molar-refractivity contribution in [2.45, 2.75) is 13.3 Å². The Morgan fingerprint density at radius 3 is 2.95 bits per heavy atom. The molecule has 1 amide bonds. The predicted octanol–water partition coefficient (Wildman–Crippen LogP) is 2.11. The highest BCUT2D eigenvalue weighted by atomic mass is 32.1. The normalized spacial score (nSPS) is 10.4. The number of nitrogens with zero attached hydrogens (tertiary/aromatic N) is 2. The average Bonchev–Trinajstić information content (AvgIpc) is 2.90. The zero-order chi connectivity index (χ0) is 15.4. The van der Waals surface area contributed by atoms with Gasteiger partial charge in [-0.2, -0.15) is 0 Å². The van der Waals surface area contributed by atoms with E-state index in [1.807, 2.05) is 0 Å². The Bertz CT molecular complexity index is 684. The summed E-state index contributed by atoms with van der Waals surface area (Å²) in [5.74, 6) is -0.396. The van der Waals surface area contributed by atoms with Gasteiger partial charge in [0.2, 0.25) is 0 Å². The summed E-state index contributed by atoms with van der Waals surface area (Å²) in [6.45, 7) is 2.11. The molecule has 0 aliphatic rings. The maximum absolute atomic E-state index is 12.0. The number of nitrogens with two attached hydrogens (primary N) is 1. The number of anilines is 1. The number of aromatic nitrogens is 1. The SMILES string of the molecule is Cc1ccc(NC(=O)c2csc(CCN)n2)cc1[N+](=O)[O-]. The maximum Gasteiger partial charge on any atom is 0.275 e. The molecular formula is C13H14N4O3S. The first kappa shape index (κ1) is 15.1. The smallest absolute Gasteiger partial charge is 0.275 e. The van der Waals surface area contributed by atoms with Gasteiger partial charge in [0, 0.05) is 29.1 Å². The number of benzene rings is 1. The van der Waals surface area contributed by atoms with Crippen LogP contribution in [0.3, 0.4) is 0 Å². The molecule has 1 aromatic carbocycles. The summed E-state index contributed by atoms with van der Waals surface area (Å²) in [4.78, 5) is 26.6. The third kappa shape index (κ3) is 3.61. The molecule has 0 atom stereocenters. The zero-order valence-electron chi connectivity index (χ0n) is 11.3. The Morgan fingerprint density at radius 1 is 1.52 bits per heavy atom. The molecule has 2 rings (SSSR count). The van der Waals surface area contributed by atoms with Gasteiger partial charge < -0.3 is 11.1 Å². The molecule has 1 heterocycles. The number of aryl methyl sites for hydroxylation is 1. The van der Waals surface area contributed by atoms with Crippen molar-refractivity contribution in [2.75, 3.05) is 11.9 Å². The fourth-order valence-corrected chi connectivity index (χ4v) is 2.53. The lowest BCUT2D eigenvalue weighted by molar-refractivity contribution is -0.385. The number of nitro groups is 1. The molecule has 0 unspecified atom stereocenters. The van der Waals surface area contributed by atoms with Crippen molar-refractivity contribution >= 4 is 28.6 Å². The molecule has 21 heavy (non-hydrogen) atoms. The van der Waals surface area contributed by atoms with E-state index in [-0.39, 0.29) is 11.4 Å². The minimum absolute atomic E-state index is 0.0325. The molecule has 110 valence electrons. The number of amides is 1. The van der Waals surface area contributed by atoms with E-state index in [4.69, 9.17) is 5.73 Å². The van der Waals surface area contributed by atoms with Crippen LogP contribution < -0.4 is 11.1 Å². The second-order valence-corrected chi connectivity index (χ2v) is 5.32. The van der Waals surface area contributed by atoms with Crippen LogP contribution in [0, 0.1) is 17.0 Å². The summed E-state index contributed by atoms with van der Waals surface area (Å²) in [5, 5.41) is 15.9. The Labute approximate surface area is 125 Å². The van der Waals surface area contributed by atoms with E-state index in [0.29, 0.717) is 24.2 Å². The number of hydrogen-bond acceptors (Lipinski definition) is 6. The quantitative estimate of drug-likeness (QED) is 0.649. The first-order chi connectivity index (χ1) is 10.0. The van der Waals surface area contributed by atoms with Crippen molar-refractivity contribution in [2.24, 2.45) is 5.73 Å². The number of hydrogen-bond donors (Lipinski definition) is 2. The minimum atomic E-state index is -0.479. The Hall–Kier alpha value is -2.32. The van der Waals surface area contributed by atoms with Gasteiger partial charge >= 0.3 is 0 Å². The summed E-state index contributed by atoms with van der Waals surface area (Å²) in [6, 6.07) is 4.54. The number of thiazole rings is 1. The molecule has 0 saturated heterocycles. The molecule has 8 heteroatoms. The summed E-state index contributed by atoms with van der Waals surface area (Å²) in [6.07, 6.45) is 0.619. The van der Waals surface area contributed by atoms with E-state index < -0.39 is 10.8 Å². The maximum atomic E-state index is 12.0. The number of carbonyl (C=O) groups is 1. The van der Waals surface area contributed by atoms with E-state index in [1.54, 1.807) is 24.4 Å². The Kier molecular flexibility index (Phi) is 4.61. The largest absolute Gasteiger partial charge is 0.330 e. The van der Waals surface area contributed by atoms with Crippen molar-refractivity contribution in [3.05, 3.63) is 50.0 Å². The van der Waals surface area contributed by atoms with Gasteiger partial charge in [-0.05, 0) is 19.5 Å². The van der Waals surface area contributed by atoms with Gasteiger partial charge in [-0.15, -0.1) is 11.3 Å². The van der Waals surface area contributed by atoms with Crippen LogP contribution in [0.4, 0.5) is 11.4 Å². The lowest BCUT2D eigenvalue weighted by atomic mass is 10.2. The highest BCUT2D eigenvalue weighted by Crippen LogP contribution is 2.22. The molecule has 0 fully saturated rings. The standard InChI is InChI=1S/C13H14N4O3S/c1-8-2-3-9(6-11(8)17(19)20)15-13(18)10-7-21-12(16-10)4-5-14/h2-3,6-7H,4-5,14H2,1H3,(H,15,18). The van der Waals surface area contributed by atoms with Crippen LogP contribution in [0.15, 0.2) is 23.6 Å². The molecule has 3 N–H and O–H groups in total. The van der Waals surface area contributed by atoms with Crippen LogP contribution in [0.5, 0.6) is 0 Å².